The van der Waals surface area contributed by atoms with Gasteiger partial charge >= 0.3 is 6.03 Å². The highest BCUT2D eigenvalue weighted by molar-refractivity contribution is 5.90. The molecule has 0 bridgehead atoms. The highest BCUT2D eigenvalue weighted by Gasteiger charge is 2.39. The molecule has 2 N–H and O–H groups in total. The number of piperidine rings is 1. The number of benzene rings is 2. The molecule has 0 unspecified atom stereocenters. The number of anilines is 1. The molecule has 0 radical (unpaired) electrons. The molecule has 1 fully saturated rings. The van der Waals surface area contributed by atoms with Crippen molar-refractivity contribution in [1.82, 2.24) is 10.2 Å². The molecule has 0 aliphatic carbocycles. The SMILES string of the molecule is COc1cccc(CNC(=O)[C@@]2(C)CCCN(C(=O)Nc3ccc(F)cc3)C2)c1. The third-order valence-corrected chi connectivity index (χ3v) is 5.21. The van der Waals surface area contributed by atoms with Crippen LogP contribution in [0.2, 0.25) is 0 Å². The number of hydrogen-bond donors (Lipinski definition) is 2. The molecular formula is C22H26FN3O3. The van der Waals surface area contributed by atoms with E-state index in [0.29, 0.717) is 31.7 Å². The summed E-state index contributed by atoms with van der Waals surface area (Å²) in [4.78, 5) is 27.1. The third kappa shape index (κ3) is 5.25. The maximum absolute atomic E-state index is 13.0. The summed E-state index contributed by atoms with van der Waals surface area (Å²) in [5, 5.41) is 5.74. The van der Waals surface area contributed by atoms with Gasteiger partial charge in [0.1, 0.15) is 11.6 Å². The fourth-order valence-corrected chi connectivity index (χ4v) is 3.51. The highest BCUT2D eigenvalue weighted by atomic mass is 19.1. The lowest BCUT2D eigenvalue weighted by Gasteiger charge is -2.39. The number of hydrogen-bond acceptors (Lipinski definition) is 3. The van der Waals surface area contributed by atoms with E-state index in [9.17, 15) is 14.0 Å². The van der Waals surface area contributed by atoms with Crippen LogP contribution < -0.4 is 15.4 Å². The van der Waals surface area contributed by atoms with Crippen LogP contribution in [0, 0.1) is 11.2 Å². The van der Waals surface area contributed by atoms with Crippen LogP contribution in [0.15, 0.2) is 48.5 Å². The van der Waals surface area contributed by atoms with Crippen LogP contribution in [-0.2, 0) is 11.3 Å². The van der Waals surface area contributed by atoms with E-state index in [1.165, 1.54) is 24.3 Å². The maximum atomic E-state index is 13.0. The van der Waals surface area contributed by atoms with Gasteiger partial charge < -0.3 is 20.3 Å². The number of urea groups is 1. The van der Waals surface area contributed by atoms with E-state index >= 15 is 0 Å². The zero-order valence-electron chi connectivity index (χ0n) is 16.7. The number of halogens is 1. The fraction of sp³-hybridized carbons (Fsp3) is 0.364. The van der Waals surface area contributed by atoms with Gasteiger partial charge in [0, 0.05) is 25.3 Å². The van der Waals surface area contributed by atoms with Crippen molar-refractivity contribution < 1.29 is 18.7 Å². The minimum absolute atomic E-state index is 0.0837. The predicted octanol–water partition coefficient (Wildman–Crippen LogP) is 3.78. The van der Waals surface area contributed by atoms with Gasteiger partial charge in [0.25, 0.3) is 0 Å². The molecular weight excluding hydrogens is 373 g/mol. The average molecular weight is 399 g/mol. The first-order chi connectivity index (χ1) is 13.9. The molecule has 1 aliphatic heterocycles. The van der Waals surface area contributed by atoms with Crippen LogP contribution in [0.1, 0.15) is 25.3 Å². The molecule has 0 spiro atoms. The molecule has 3 amide bonds. The molecule has 1 heterocycles. The number of carbonyl (C=O) groups is 2. The number of methoxy groups -OCH3 is 1. The second-order valence-electron chi connectivity index (χ2n) is 7.56. The predicted molar refractivity (Wildman–Crippen MR) is 109 cm³/mol. The van der Waals surface area contributed by atoms with Crippen LogP contribution in [0.25, 0.3) is 0 Å². The van der Waals surface area contributed by atoms with Gasteiger partial charge in [-0.05, 0) is 61.7 Å². The summed E-state index contributed by atoms with van der Waals surface area (Å²) in [6.07, 6.45) is 1.44. The van der Waals surface area contributed by atoms with Crippen LogP contribution in [0.3, 0.4) is 0 Å². The van der Waals surface area contributed by atoms with E-state index in [0.717, 1.165) is 17.7 Å². The first-order valence-electron chi connectivity index (χ1n) is 9.62. The van der Waals surface area contributed by atoms with Gasteiger partial charge in [-0.25, -0.2) is 9.18 Å². The van der Waals surface area contributed by atoms with Crippen LogP contribution in [0.5, 0.6) is 5.75 Å². The maximum Gasteiger partial charge on any atom is 0.321 e. The van der Waals surface area contributed by atoms with Crippen molar-refractivity contribution in [2.45, 2.75) is 26.3 Å². The van der Waals surface area contributed by atoms with E-state index < -0.39 is 5.41 Å². The number of ether oxygens (including phenoxy) is 1. The molecule has 1 atom stereocenters. The van der Waals surface area contributed by atoms with E-state index in [4.69, 9.17) is 4.74 Å². The molecule has 6 nitrogen and oxygen atoms in total. The molecule has 2 aromatic rings. The van der Waals surface area contributed by atoms with Gasteiger partial charge in [0.15, 0.2) is 0 Å². The Labute approximate surface area is 170 Å². The topological polar surface area (TPSA) is 70.7 Å². The second-order valence-corrected chi connectivity index (χ2v) is 7.56. The summed E-state index contributed by atoms with van der Waals surface area (Å²) in [7, 11) is 1.60. The van der Waals surface area contributed by atoms with Crippen LogP contribution in [0.4, 0.5) is 14.9 Å². The van der Waals surface area contributed by atoms with Crippen molar-refractivity contribution in [3.05, 3.63) is 59.9 Å². The Morgan fingerprint density at radius 3 is 2.69 bits per heavy atom. The van der Waals surface area contributed by atoms with Gasteiger partial charge in [-0.15, -0.1) is 0 Å². The minimum Gasteiger partial charge on any atom is -0.497 e. The first-order valence-corrected chi connectivity index (χ1v) is 9.62. The zero-order valence-corrected chi connectivity index (χ0v) is 16.7. The van der Waals surface area contributed by atoms with Gasteiger partial charge in [0.05, 0.1) is 12.5 Å². The van der Waals surface area contributed by atoms with Gasteiger partial charge in [-0.3, -0.25) is 4.79 Å². The van der Waals surface area contributed by atoms with Crippen molar-refractivity contribution in [3.63, 3.8) is 0 Å². The standard InChI is InChI=1S/C22H26FN3O3/c1-22(20(27)24-14-16-5-3-6-19(13-16)29-2)11-4-12-26(15-22)21(28)25-18-9-7-17(23)8-10-18/h3,5-10,13H,4,11-12,14-15H2,1-2H3,(H,24,27)(H,25,28)/t22-/m0/s1. The Hall–Kier alpha value is -3.09. The molecule has 0 aromatic heterocycles. The van der Waals surface area contributed by atoms with Crippen LogP contribution in [-0.4, -0.2) is 37.0 Å². The van der Waals surface area contributed by atoms with E-state index in [-0.39, 0.29) is 17.8 Å². The highest BCUT2D eigenvalue weighted by Crippen LogP contribution is 2.30. The normalized spacial score (nSPS) is 18.8. The van der Waals surface area contributed by atoms with E-state index in [1.54, 1.807) is 12.0 Å². The molecule has 1 saturated heterocycles. The number of rotatable bonds is 5. The van der Waals surface area contributed by atoms with Crippen molar-refractivity contribution >= 4 is 17.6 Å². The van der Waals surface area contributed by atoms with Gasteiger partial charge in [0.2, 0.25) is 5.91 Å². The van der Waals surface area contributed by atoms with Gasteiger partial charge in [-0.1, -0.05) is 12.1 Å². The summed E-state index contributed by atoms with van der Waals surface area (Å²) in [6.45, 7) is 3.17. The largest absolute Gasteiger partial charge is 0.497 e. The molecule has 1 aliphatic rings. The molecule has 3 rings (SSSR count). The second kappa shape index (κ2) is 8.94. The molecule has 154 valence electrons. The molecule has 0 saturated carbocycles. The Bertz CT molecular complexity index is 872. The van der Waals surface area contributed by atoms with Crippen LogP contribution >= 0.6 is 0 Å². The first kappa shape index (κ1) is 20.6. The smallest absolute Gasteiger partial charge is 0.321 e. The lowest BCUT2D eigenvalue weighted by atomic mass is 9.81. The number of carbonyl (C=O) groups excluding carboxylic acids is 2. The Morgan fingerprint density at radius 2 is 1.97 bits per heavy atom. The summed E-state index contributed by atoms with van der Waals surface area (Å²) >= 11 is 0. The number of nitrogens with one attached hydrogen (secondary N) is 2. The lowest BCUT2D eigenvalue weighted by Crippen LogP contribution is -2.52. The van der Waals surface area contributed by atoms with Crippen molar-refractivity contribution in [2.24, 2.45) is 5.41 Å². The quantitative estimate of drug-likeness (QED) is 0.804. The third-order valence-electron chi connectivity index (χ3n) is 5.21. The number of nitrogens with zero attached hydrogens (tertiary/aromatic N) is 1. The van der Waals surface area contributed by atoms with E-state index in [1.807, 2.05) is 31.2 Å². The minimum atomic E-state index is -0.669. The Balaban J connectivity index is 1.59. The molecule has 29 heavy (non-hydrogen) atoms. The fourth-order valence-electron chi connectivity index (χ4n) is 3.51. The molecule has 7 heteroatoms. The monoisotopic (exact) mass is 399 g/mol. The Morgan fingerprint density at radius 1 is 1.21 bits per heavy atom. The number of amides is 3. The average Bonchev–Trinajstić information content (AvgIpc) is 2.73. The lowest BCUT2D eigenvalue weighted by molar-refractivity contribution is -0.132. The zero-order chi connectivity index (χ0) is 20.9. The summed E-state index contributed by atoms with van der Waals surface area (Å²) in [6, 6.07) is 12.9. The van der Waals surface area contributed by atoms with E-state index in [2.05, 4.69) is 10.6 Å². The number of likely N-dealkylation sites (tertiary alicyclic amines) is 1. The summed E-state index contributed by atoms with van der Waals surface area (Å²) in [5.74, 6) is 0.296. The van der Waals surface area contributed by atoms with Crippen molar-refractivity contribution in [1.29, 1.82) is 0 Å². The molecule has 2 aromatic carbocycles. The summed E-state index contributed by atoms with van der Waals surface area (Å²) < 4.78 is 18.2. The van der Waals surface area contributed by atoms with Crippen molar-refractivity contribution in [2.75, 3.05) is 25.5 Å². The van der Waals surface area contributed by atoms with Gasteiger partial charge in [-0.2, -0.15) is 0 Å². The van der Waals surface area contributed by atoms with Crippen molar-refractivity contribution in [3.8, 4) is 5.75 Å². The Kier molecular flexibility index (Phi) is 6.36. The summed E-state index contributed by atoms with van der Waals surface area (Å²) in [5.41, 5.74) is 0.797.